The average Bonchev–Trinajstić information content (AvgIpc) is 2.76. The molecule has 0 spiro atoms. The summed E-state index contributed by atoms with van der Waals surface area (Å²) in [7, 11) is 0. The summed E-state index contributed by atoms with van der Waals surface area (Å²) in [6, 6.07) is 9.76. The zero-order valence-corrected chi connectivity index (χ0v) is 13.3. The van der Waals surface area contributed by atoms with E-state index in [9.17, 15) is 4.79 Å². The highest BCUT2D eigenvalue weighted by Crippen LogP contribution is 2.21. The minimum Gasteiger partial charge on any atom is -0.443 e. The van der Waals surface area contributed by atoms with Crippen LogP contribution in [-0.2, 0) is 4.74 Å². The third-order valence-electron chi connectivity index (χ3n) is 4.53. The molecule has 2 heterocycles. The van der Waals surface area contributed by atoms with E-state index in [1.807, 2.05) is 30.3 Å². The monoisotopic (exact) mass is 303 g/mol. The van der Waals surface area contributed by atoms with Crippen LogP contribution in [0.1, 0.15) is 13.3 Å². The molecule has 0 N–H and O–H groups in total. The molecule has 1 amide bonds. The standard InChI is InChI=1S/C17H25N3O2/c1-2-18-9-6-10-19(12-11-18)13-16-14-20(17(21)22-16)15-7-4-3-5-8-15/h3-5,7-8,16H,2,6,9-14H2,1H3/t16-/m1/s1. The van der Waals surface area contributed by atoms with Crippen LogP contribution >= 0.6 is 0 Å². The number of nitrogens with zero attached hydrogens (tertiary/aromatic N) is 3. The first-order valence-corrected chi connectivity index (χ1v) is 8.24. The summed E-state index contributed by atoms with van der Waals surface area (Å²) >= 11 is 0. The lowest BCUT2D eigenvalue weighted by molar-refractivity contribution is 0.110. The number of hydrogen-bond donors (Lipinski definition) is 0. The number of carbonyl (C=O) groups is 1. The van der Waals surface area contributed by atoms with Crippen LogP contribution < -0.4 is 4.90 Å². The first-order valence-electron chi connectivity index (χ1n) is 8.24. The molecular weight excluding hydrogens is 278 g/mol. The normalized spacial score (nSPS) is 24.3. The van der Waals surface area contributed by atoms with Gasteiger partial charge in [-0.2, -0.15) is 0 Å². The lowest BCUT2D eigenvalue weighted by atomic mass is 10.2. The zero-order chi connectivity index (χ0) is 15.4. The Hall–Kier alpha value is -1.59. The molecule has 0 aromatic heterocycles. The molecule has 22 heavy (non-hydrogen) atoms. The van der Waals surface area contributed by atoms with Gasteiger partial charge in [0.05, 0.1) is 6.54 Å². The second-order valence-electron chi connectivity index (χ2n) is 6.04. The predicted molar refractivity (Wildman–Crippen MR) is 87.2 cm³/mol. The molecule has 1 aromatic carbocycles. The molecule has 0 saturated carbocycles. The second kappa shape index (κ2) is 7.11. The molecule has 0 unspecified atom stereocenters. The zero-order valence-electron chi connectivity index (χ0n) is 13.3. The first-order chi connectivity index (χ1) is 10.8. The molecule has 5 heteroatoms. The third kappa shape index (κ3) is 3.59. The Morgan fingerprint density at radius 2 is 1.82 bits per heavy atom. The number of ether oxygens (including phenoxy) is 1. The Kier molecular flexibility index (Phi) is 4.95. The first kappa shape index (κ1) is 15.3. The molecule has 2 saturated heterocycles. The van der Waals surface area contributed by atoms with Gasteiger partial charge in [0.25, 0.3) is 0 Å². The van der Waals surface area contributed by atoms with Crippen LogP contribution in [0.2, 0.25) is 0 Å². The van der Waals surface area contributed by atoms with Gasteiger partial charge in [0.15, 0.2) is 0 Å². The van der Waals surface area contributed by atoms with Crippen molar-refractivity contribution in [2.75, 3.05) is 50.7 Å². The van der Waals surface area contributed by atoms with E-state index < -0.39 is 0 Å². The average molecular weight is 303 g/mol. The van der Waals surface area contributed by atoms with Crippen LogP contribution in [0.25, 0.3) is 0 Å². The fraction of sp³-hybridized carbons (Fsp3) is 0.588. The Bertz CT molecular complexity index is 494. The fourth-order valence-electron chi connectivity index (χ4n) is 3.25. The molecule has 2 aliphatic rings. The van der Waals surface area contributed by atoms with Gasteiger partial charge in [0.2, 0.25) is 0 Å². The summed E-state index contributed by atoms with van der Waals surface area (Å²) in [4.78, 5) is 18.7. The lowest BCUT2D eigenvalue weighted by Crippen LogP contribution is -2.37. The SMILES string of the molecule is CCN1CCCN(C[C@@H]2CN(c3ccccc3)C(=O)O2)CC1. The van der Waals surface area contributed by atoms with E-state index in [4.69, 9.17) is 4.74 Å². The van der Waals surface area contributed by atoms with Crippen molar-refractivity contribution in [3.63, 3.8) is 0 Å². The maximum Gasteiger partial charge on any atom is 0.414 e. The highest BCUT2D eigenvalue weighted by molar-refractivity contribution is 5.89. The van der Waals surface area contributed by atoms with Gasteiger partial charge in [-0.3, -0.25) is 9.80 Å². The molecule has 120 valence electrons. The van der Waals surface area contributed by atoms with E-state index in [1.165, 1.54) is 13.0 Å². The molecular formula is C17H25N3O2. The van der Waals surface area contributed by atoms with Gasteiger partial charge in [-0.15, -0.1) is 0 Å². The molecule has 1 aromatic rings. The molecule has 0 bridgehead atoms. The van der Waals surface area contributed by atoms with E-state index in [-0.39, 0.29) is 12.2 Å². The van der Waals surface area contributed by atoms with Crippen LogP contribution in [0.4, 0.5) is 10.5 Å². The van der Waals surface area contributed by atoms with Crippen LogP contribution in [0.5, 0.6) is 0 Å². The summed E-state index contributed by atoms with van der Waals surface area (Å²) in [5.74, 6) is 0. The predicted octanol–water partition coefficient (Wildman–Crippen LogP) is 2.04. The summed E-state index contributed by atoms with van der Waals surface area (Å²) in [6.45, 7) is 9.26. The van der Waals surface area contributed by atoms with Gasteiger partial charge in [-0.25, -0.2) is 4.79 Å². The van der Waals surface area contributed by atoms with Crippen molar-refractivity contribution in [3.05, 3.63) is 30.3 Å². The molecule has 2 fully saturated rings. The number of para-hydroxylation sites is 1. The van der Waals surface area contributed by atoms with Crippen molar-refractivity contribution in [2.24, 2.45) is 0 Å². The molecule has 1 atom stereocenters. The Morgan fingerprint density at radius 3 is 2.59 bits per heavy atom. The number of hydrogen-bond acceptors (Lipinski definition) is 4. The van der Waals surface area contributed by atoms with Crippen molar-refractivity contribution in [1.82, 2.24) is 9.80 Å². The van der Waals surface area contributed by atoms with Crippen molar-refractivity contribution in [3.8, 4) is 0 Å². The number of likely N-dealkylation sites (N-methyl/N-ethyl adjacent to an activating group) is 1. The summed E-state index contributed by atoms with van der Waals surface area (Å²) < 4.78 is 5.56. The van der Waals surface area contributed by atoms with E-state index in [0.717, 1.165) is 38.4 Å². The quantitative estimate of drug-likeness (QED) is 0.853. The van der Waals surface area contributed by atoms with E-state index in [1.54, 1.807) is 4.90 Å². The van der Waals surface area contributed by atoms with Gasteiger partial charge >= 0.3 is 6.09 Å². The molecule has 2 aliphatic heterocycles. The maximum absolute atomic E-state index is 12.1. The Balaban J connectivity index is 1.55. The number of carbonyl (C=O) groups excluding carboxylic acids is 1. The number of cyclic esters (lactones) is 1. The Labute approximate surface area is 132 Å². The van der Waals surface area contributed by atoms with Crippen LogP contribution in [0.15, 0.2) is 30.3 Å². The summed E-state index contributed by atoms with van der Waals surface area (Å²) in [5.41, 5.74) is 0.919. The van der Waals surface area contributed by atoms with Gasteiger partial charge < -0.3 is 9.64 Å². The summed E-state index contributed by atoms with van der Waals surface area (Å²) in [5, 5.41) is 0. The smallest absolute Gasteiger partial charge is 0.414 e. The molecule has 5 nitrogen and oxygen atoms in total. The van der Waals surface area contributed by atoms with Gasteiger partial charge in [0, 0.05) is 25.3 Å². The van der Waals surface area contributed by atoms with Crippen molar-refractivity contribution in [1.29, 1.82) is 0 Å². The number of anilines is 1. The van der Waals surface area contributed by atoms with Gasteiger partial charge in [-0.05, 0) is 38.2 Å². The number of benzene rings is 1. The highest BCUT2D eigenvalue weighted by atomic mass is 16.6. The minimum absolute atomic E-state index is 0.0270. The van der Waals surface area contributed by atoms with Gasteiger partial charge in [0.1, 0.15) is 6.10 Å². The molecule has 0 aliphatic carbocycles. The number of rotatable bonds is 4. The summed E-state index contributed by atoms with van der Waals surface area (Å²) in [6.07, 6.45) is 0.943. The van der Waals surface area contributed by atoms with E-state index in [2.05, 4.69) is 16.7 Å². The fourth-order valence-corrected chi connectivity index (χ4v) is 3.25. The molecule has 0 radical (unpaired) electrons. The van der Waals surface area contributed by atoms with Crippen LogP contribution in [-0.4, -0.2) is 67.8 Å². The molecule has 3 rings (SSSR count). The van der Waals surface area contributed by atoms with E-state index in [0.29, 0.717) is 6.54 Å². The Morgan fingerprint density at radius 1 is 1.09 bits per heavy atom. The minimum atomic E-state index is -0.221. The van der Waals surface area contributed by atoms with Gasteiger partial charge in [-0.1, -0.05) is 25.1 Å². The third-order valence-corrected chi connectivity index (χ3v) is 4.53. The van der Waals surface area contributed by atoms with Crippen LogP contribution in [0.3, 0.4) is 0 Å². The topological polar surface area (TPSA) is 36.0 Å². The maximum atomic E-state index is 12.1. The second-order valence-corrected chi connectivity index (χ2v) is 6.04. The lowest BCUT2D eigenvalue weighted by Gasteiger charge is -2.23. The van der Waals surface area contributed by atoms with Crippen molar-refractivity contribution >= 4 is 11.8 Å². The largest absolute Gasteiger partial charge is 0.443 e. The number of amides is 1. The highest BCUT2D eigenvalue weighted by Gasteiger charge is 2.33. The van der Waals surface area contributed by atoms with Crippen molar-refractivity contribution in [2.45, 2.75) is 19.4 Å². The van der Waals surface area contributed by atoms with Crippen LogP contribution in [0, 0.1) is 0 Å². The van der Waals surface area contributed by atoms with E-state index >= 15 is 0 Å². The van der Waals surface area contributed by atoms with Crippen molar-refractivity contribution < 1.29 is 9.53 Å².